The van der Waals surface area contributed by atoms with Crippen LogP contribution in [-0.2, 0) is 28.6 Å². The Morgan fingerprint density at radius 1 is 0.351 bits per heavy atom. The highest BCUT2D eigenvalue weighted by atomic mass is 16.6. The van der Waals surface area contributed by atoms with Gasteiger partial charge in [0.05, 0.1) is 0 Å². The number of ether oxygens (including phenoxy) is 3. The molecular weight excluding hydrogens is 709 g/mol. The molecule has 0 aliphatic carbocycles. The zero-order chi connectivity index (χ0) is 42.0. The second-order valence-electron chi connectivity index (χ2n) is 18.6. The highest BCUT2D eigenvalue weighted by Gasteiger charge is 2.19. The fourth-order valence-corrected chi connectivity index (χ4v) is 7.55. The van der Waals surface area contributed by atoms with Crippen molar-refractivity contribution in [1.82, 2.24) is 0 Å². The summed E-state index contributed by atoms with van der Waals surface area (Å²) in [5.41, 5.74) is 0. The molecule has 0 spiro atoms. The lowest BCUT2D eigenvalue weighted by Gasteiger charge is -2.18. The molecule has 6 heteroatoms. The normalized spacial score (nSPS) is 12.6. The molecule has 0 radical (unpaired) electrons. The minimum Gasteiger partial charge on any atom is -0.462 e. The fourth-order valence-electron chi connectivity index (χ4n) is 7.55. The van der Waals surface area contributed by atoms with Crippen molar-refractivity contribution in [3.8, 4) is 0 Å². The lowest BCUT2D eigenvalue weighted by Crippen LogP contribution is -2.30. The van der Waals surface area contributed by atoms with Gasteiger partial charge >= 0.3 is 17.9 Å². The van der Waals surface area contributed by atoms with Crippen molar-refractivity contribution in [2.45, 2.75) is 279 Å². The third kappa shape index (κ3) is 43.8. The van der Waals surface area contributed by atoms with E-state index in [-0.39, 0.29) is 31.1 Å². The Morgan fingerprint density at radius 2 is 0.614 bits per heavy atom. The molecule has 0 N–H and O–H groups in total. The maximum absolute atomic E-state index is 12.8. The lowest BCUT2D eigenvalue weighted by atomic mass is 9.99. The van der Waals surface area contributed by atoms with Gasteiger partial charge in [-0.25, -0.2) is 0 Å². The summed E-state index contributed by atoms with van der Waals surface area (Å²) in [6.07, 6.45) is 41.0. The van der Waals surface area contributed by atoms with Crippen molar-refractivity contribution in [2.24, 2.45) is 17.8 Å². The number of rotatable bonds is 44. The predicted molar refractivity (Wildman–Crippen MR) is 243 cm³/mol. The molecule has 338 valence electrons. The molecule has 0 aromatic carbocycles. The van der Waals surface area contributed by atoms with Crippen LogP contribution in [0.25, 0.3) is 0 Å². The van der Waals surface area contributed by atoms with Gasteiger partial charge in [-0.15, -0.1) is 0 Å². The Hall–Kier alpha value is -1.59. The molecule has 0 saturated heterocycles. The summed E-state index contributed by atoms with van der Waals surface area (Å²) in [6.45, 7) is 13.7. The van der Waals surface area contributed by atoms with E-state index in [0.717, 1.165) is 75.5 Å². The molecule has 0 amide bonds. The maximum atomic E-state index is 12.8. The molecule has 57 heavy (non-hydrogen) atoms. The number of esters is 3. The molecule has 0 saturated carbocycles. The summed E-state index contributed by atoms with van der Waals surface area (Å²) in [5.74, 6) is 1.61. The van der Waals surface area contributed by atoms with Crippen LogP contribution in [0.4, 0.5) is 0 Å². The third-order valence-corrected chi connectivity index (χ3v) is 11.8. The van der Waals surface area contributed by atoms with Crippen molar-refractivity contribution in [1.29, 1.82) is 0 Å². The average molecular weight is 807 g/mol. The van der Waals surface area contributed by atoms with Crippen molar-refractivity contribution in [3.63, 3.8) is 0 Å². The molecule has 0 aromatic heterocycles. The summed E-state index contributed by atoms with van der Waals surface area (Å²) in [6, 6.07) is 0. The van der Waals surface area contributed by atoms with Gasteiger partial charge < -0.3 is 14.2 Å². The topological polar surface area (TPSA) is 78.9 Å². The van der Waals surface area contributed by atoms with Gasteiger partial charge in [0.15, 0.2) is 6.10 Å². The zero-order valence-electron chi connectivity index (χ0n) is 39.1. The largest absolute Gasteiger partial charge is 0.462 e. The van der Waals surface area contributed by atoms with Crippen molar-refractivity contribution >= 4 is 17.9 Å². The first-order chi connectivity index (χ1) is 27.6. The van der Waals surface area contributed by atoms with Crippen LogP contribution in [0.15, 0.2) is 0 Å². The van der Waals surface area contributed by atoms with Crippen LogP contribution < -0.4 is 0 Å². The van der Waals surface area contributed by atoms with Crippen LogP contribution in [-0.4, -0.2) is 37.2 Å². The van der Waals surface area contributed by atoms with E-state index in [0.29, 0.717) is 19.3 Å². The van der Waals surface area contributed by atoms with E-state index in [9.17, 15) is 14.4 Å². The van der Waals surface area contributed by atoms with E-state index in [1.807, 2.05) is 0 Å². The average Bonchev–Trinajstić information content (AvgIpc) is 3.18. The maximum Gasteiger partial charge on any atom is 0.306 e. The molecule has 1 unspecified atom stereocenters. The minimum atomic E-state index is -0.763. The van der Waals surface area contributed by atoms with Gasteiger partial charge in [-0.2, -0.15) is 0 Å². The third-order valence-electron chi connectivity index (χ3n) is 11.8. The van der Waals surface area contributed by atoms with Crippen LogP contribution >= 0.6 is 0 Å². The van der Waals surface area contributed by atoms with Crippen LogP contribution in [0.1, 0.15) is 273 Å². The molecule has 0 bridgehead atoms. The standard InChI is InChI=1S/C51H98O6/c1-7-47(6)39-33-27-20-16-13-14-18-22-30-36-42-51(54)57-48(44-56-50(53)41-35-29-24-23-26-32-38-46(4)5)43-55-49(52)40-34-28-21-17-12-10-8-9-11-15-19-25-31-37-45(2)3/h45-48H,7-44H2,1-6H3/t47?,48-/m0/s1. The summed E-state index contributed by atoms with van der Waals surface area (Å²) in [7, 11) is 0. The van der Waals surface area contributed by atoms with Gasteiger partial charge in [0, 0.05) is 19.3 Å². The Balaban J connectivity index is 4.29. The quantitative estimate of drug-likeness (QED) is 0.0347. The Kier molecular flexibility index (Phi) is 41.3. The summed E-state index contributed by atoms with van der Waals surface area (Å²) in [5, 5.41) is 0. The van der Waals surface area contributed by atoms with Gasteiger partial charge in [-0.3, -0.25) is 14.4 Å². The predicted octanol–water partition coefficient (Wildman–Crippen LogP) is 16.0. The highest BCUT2D eigenvalue weighted by Crippen LogP contribution is 2.18. The number of hydrogen-bond donors (Lipinski definition) is 0. The summed E-state index contributed by atoms with van der Waals surface area (Å²) < 4.78 is 16.8. The Labute approximate surface area is 355 Å². The van der Waals surface area contributed by atoms with E-state index in [2.05, 4.69) is 41.5 Å². The fraction of sp³-hybridized carbons (Fsp3) is 0.941. The van der Waals surface area contributed by atoms with Crippen LogP contribution in [0.5, 0.6) is 0 Å². The van der Waals surface area contributed by atoms with E-state index >= 15 is 0 Å². The van der Waals surface area contributed by atoms with Gasteiger partial charge in [-0.1, -0.05) is 234 Å². The number of hydrogen-bond acceptors (Lipinski definition) is 6. The van der Waals surface area contributed by atoms with E-state index < -0.39 is 6.10 Å². The first-order valence-electron chi connectivity index (χ1n) is 25.1. The lowest BCUT2D eigenvalue weighted by molar-refractivity contribution is -0.167. The summed E-state index contributed by atoms with van der Waals surface area (Å²) >= 11 is 0. The Morgan fingerprint density at radius 3 is 0.912 bits per heavy atom. The SMILES string of the molecule is CCC(C)CCCCCCCCCCCCC(=O)O[C@@H](COC(=O)CCCCCCCCCCCCCCCC(C)C)COC(=O)CCCCCCCCC(C)C. The van der Waals surface area contributed by atoms with Gasteiger partial charge in [0.2, 0.25) is 0 Å². The molecular formula is C51H98O6. The molecule has 0 heterocycles. The van der Waals surface area contributed by atoms with Crippen LogP contribution in [0.2, 0.25) is 0 Å². The Bertz CT molecular complexity index is 885. The monoisotopic (exact) mass is 807 g/mol. The summed E-state index contributed by atoms with van der Waals surface area (Å²) in [4.78, 5) is 37.8. The number of carbonyl (C=O) groups excluding carboxylic acids is 3. The number of carbonyl (C=O) groups is 3. The van der Waals surface area contributed by atoms with E-state index in [4.69, 9.17) is 14.2 Å². The molecule has 0 aliphatic heterocycles. The number of unbranched alkanes of at least 4 members (excludes halogenated alkanes) is 26. The molecule has 2 atom stereocenters. The van der Waals surface area contributed by atoms with E-state index in [1.165, 1.54) is 154 Å². The zero-order valence-corrected chi connectivity index (χ0v) is 39.1. The van der Waals surface area contributed by atoms with Gasteiger partial charge in [-0.05, 0) is 37.0 Å². The first kappa shape index (κ1) is 55.4. The second-order valence-corrected chi connectivity index (χ2v) is 18.6. The minimum absolute atomic E-state index is 0.0657. The molecule has 0 aliphatic rings. The van der Waals surface area contributed by atoms with Crippen LogP contribution in [0, 0.1) is 17.8 Å². The molecule has 6 nitrogen and oxygen atoms in total. The van der Waals surface area contributed by atoms with Crippen LogP contribution in [0.3, 0.4) is 0 Å². The van der Waals surface area contributed by atoms with Crippen molar-refractivity contribution in [2.75, 3.05) is 13.2 Å². The first-order valence-corrected chi connectivity index (χ1v) is 25.1. The smallest absolute Gasteiger partial charge is 0.306 e. The van der Waals surface area contributed by atoms with Gasteiger partial charge in [0.1, 0.15) is 13.2 Å². The second kappa shape index (κ2) is 42.5. The highest BCUT2D eigenvalue weighted by molar-refractivity contribution is 5.71. The van der Waals surface area contributed by atoms with Crippen molar-refractivity contribution < 1.29 is 28.6 Å². The molecule has 0 aromatic rings. The molecule has 0 fully saturated rings. The van der Waals surface area contributed by atoms with Crippen molar-refractivity contribution in [3.05, 3.63) is 0 Å². The van der Waals surface area contributed by atoms with E-state index in [1.54, 1.807) is 0 Å². The molecule has 0 rings (SSSR count). The van der Waals surface area contributed by atoms with Gasteiger partial charge in [0.25, 0.3) is 0 Å².